The van der Waals surface area contributed by atoms with Gasteiger partial charge >= 0.3 is 0 Å². The second-order valence-electron chi connectivity index (χ2n) is 5.38. The third kappa shape index (κ3) is 2.65. The predicted molar refractivity (Wildman–Crippen MR) is 77.9 cm³/mol. The average molecular weight is 261 g/mol. The molecule has 19 heavy (non-hydrogen) atoms. The van der Waals surface area contributed by atoms with Crippen molar-refractivity contribution in [2.45, 2.75) is 26.2 Å². The first-order valence-corrected chi connectivity index (χ1v) is 6.87. The summed E-state index contributed by atoms with van der Waals surface area (Å²) in [6.07, 6.45) is 2.67. The van der Waals surface area contributed by atoms with Gasteiger partial charge in [-0.25, -0.2) is 0 Å². The number of nitrogens with zero attached hydrogens (tertiary/aromatic N) is 2. The van der Waals surface area contributed by atoms with Crippen LogP contribution in [-0.4, -0.2) is 28.0 Å². The Morgan fingerprint density at radius 2 is 2.11 bits per heavy atom. The smallest absolute Gasteiger partial charge is 0.0710 e. The van der Waals surface area contributed by atoms with Gasteiger partial charge in [-0.05, 0) is 12.5 Å². The van der Waals surface area contributed by atoms with Crippen LogP contribution in [0, 0.1) is 5.41 Å². The number of aromatic nitrogens is 2. The number of hydrogen-bond donors (Lipinski definition) is 2. The quantitative estimate of drug-likeness (QED) is 0.834. The van der Waals surface area contributed by atoms with Crippen LogP contribution in [0.4, 0.5) is 0 Å². The number of para-hydroxylation sites is 1. The normalized spacial score (nSPS) is 14.7. The first-order valence-electron chi connectivity index (χ1n) is 6.87. The van der Waals surface area contributed by atoms with Crippen molar-refractivity contribution >= 4 is 10.9 Å². The molecule has 0 bridgehead atoms. The summed E-state index contributed by atoms with van der Waals surface area (Å²) in [6, 6.07) is 8.19. The largest absolute Gasteiger partial charge is 0.396 e. The molecule has 0 aliphatic carbocycles. The van der Waals surface area contributed by atoms with Gasteiger partial charge in [-0.15, -0.1) is 0 Å². The molecule has 1 atom stereocenters. The van der Waals surface area contributed by atoms with Gasteiger partial charge in [0.15, 0.2) is 0 Å². The summed E-state index contributed by atoms with van der Waals surface area (Å²) in [5, 5.41) is 15.5. The molecule has 0 spiro atoms. The predicted octanol–water partition coefficient (Wildman–Crippen LogP) is 1.85. The van der Waals surface area contributed by atoms with Crippen molar-refractivity contribution in [3.8, 4) is 0 Å². The summed E-state index contributed by atoms with van der Waals surface area (Å²) in [5.41, 5.74) is 7.82. The van der Waals surface area contributed by atoms with Crippen molar-refractivity contribution in [3.05, 3.63) is 30.0 Å². The fourth-order valence-corrected chi connectivity index (χ4v) is 2.77. The highest BCUT2D eigenvalue weighted by Gasteiger charge is 2.29. The van der Waals surface area contributed by atoms with Gasteiger partial charge in [-0.1, -0.05) is 31.5 Å². The van der Waals surface area contributed by atoms with Gasteiger partial charge in [0.25, 0.3) is 0 Å². The Kier molecular flexibility index (Phi) is 4.22. The lowest BCUT2D eigenvalue weighted by Crippen LogP contribution is -2.36. The Balaban J connectivity index is 2.39. The fraction of sp³-hybridized carbons (Fsp3) is 0.533. The van der Waals surface area contributed by atoms with E-state index in [1.807, 2.05) is 23.9 Å². The summed E-state index contributed by atoms with van der Waals surface area (Å²) in [5.74, 6) is 0. The Bertz CT molecular complexity index is 543. The van der Waals surface area contributed by atoms with E-state index in [0.29, 0.717) is 6.54 Å². The number of aliphatic hydroxyl groups is 1. The molecule has 4 heteroatoms. The molecule has 1 unspecified atom stereocenters. The van der Waals surface area contributed by atoms with Gasteiger partial charge in [-0.2, -0.15) is 5.10 Å². The minimum absolute atomic E-state index is 0.113. The molecule has 0 saturated carbocycles. The van der Waals surface area contributed by atoms with Gasteiger partial charge in [0.05, 0.1) is 17.8 Å². The minimum atomic E-state index is -0.244. The molecule has 0 radical (unpaired) electrons. The molecule has 0 fully saturated rings. The molecule has 1 aromatic carbocycles. The van der Waals surface area contributed by atoms with E-state index in [1.165, 1.54) is 0 Å². The molecule has 0 saturated heterocycles. The van der Waals surface area contributed by atoms with E-state index in [-0.39, 0.29) is 12.0 Å². The Morgan fingerprint density at radius 3 is 2.74 bits per heavy atom. The topological polar surface area (TPSA) is 64.1 Å². The van der Waals surface area contributed by atoms with Crippen molar-refractivity contribution in [2.24, 2.45) is 18.2 Å². The van der Waals surface area contributed by atoms with Crippen molar-refractivity contribution in [2.75, 3.05) is 13.2 Å². The summed E-state index contributed by atoms with van der Waals surface area (Å²) < 4.78 is 1.90. The number of benzene rings is 1. The second kappa shape index (κ2) is 5.72. The molecular weight excluding hydrogens is 238 g/mol. The molecule has 0 aliphatic rings. The maximum Gasteiger partial charge on any atom is 0.0710 e. The zero-order valence-electron chi connectivity index (χ0n) is 11.8. The van der Waals surface area contributed by atoms with E-state index in [2.05, 4.69) is 24.2 Å². The number of aliphatic hydroxyl groups excluding tert-OH is 1. The maximum absolute atomic E-state index is 9.73. The van der Waals surface area contributed by atoms with Crippen LogP contribution in [0.5, 0.6) is 0 Å². The van der Waals surface area contributed by atoms with Crippen molar-refractivity contribution < 1.29 is 5.11 Å². The van der Waals surface area contributed by atoms with E-state index in [0.717, 1.165) is 35.9 Å². The lowest BCUT2D eigenvalue weighted by Gasteiger charge is -2.29. The molecule has 2 rings (SSSR count). The fourth-order valence-electron chi connectivity index (χ4n) is 2.77. The van der Waals surface area contributed by atoms with Crippen LogP contribution in [0.25, 0.3) is 10.9 Å². The van der Waals surface area contributed by atoms with Gasteiger partial charge in [0.1, 0.15) is 0 Å². The molecule has 0 amide bonds. The number of rotatable bonds is 6. The molecule has 0 aliphatic heterocycles. The van der Waals surface area contributed by atoms with Crippen LogP contribution in [0.3, 0.4) is 0 Å². The minimum Gasteiger partial charge on any atom is -0.396 e. The van der Waals surface area contributed by atoms with Crippen molar-refractivity contribution in [3.63, 3.8) is 0 Å². The summed E-state index contributed by atoms with van der Waals surface area (Å²) >= 11 is 0. The van der Waals surface area contributed by atoms with E-state index < -0.39 is 0 Å². The Labute approximate surface area is 114 Å². The Morgan fingerprint density at radius 1 is 1.37 bits per heavy atom. The first-order chi connectivity index (χ1) is 9.15. The summed E-state index contributed by atoms with van der Waals surface area (Å²) in [4.78, 5) is 0. The maximum atomic E-state index is 9.73. The second-order valence-corrected chi connectivity index (χ2v) is 5.38. The number of aryl methyl sites for hydroxylation is 1. The summed E-state index contributed by atoms with van der Waals surface area (Å²) in [6.45, 7) is 2.72. The monoisotopic (exact) mass is 261 g/mol. The van der Waals surface area contributed by atoms with E-state index in [1.54, 1.807) is 0 Å². The van der Waals surface area contributed by atoms with Gasteiger partial charge < -0.3 is 10.8 Å². The van der Waals surface area contributed by atoms with E-state index in [4.69, 9.17) is 5.73 Å². The third-order valence-corrected chi connectivity index (χ3v) is 3.93. The van der Waals surface area contributed by atoms with Crippen LogP contribution in [0.1, 0.15) is 25.5 Å². The van der Waals surface area contributed by atoms with Gasteiger partial charge in [-0.3, -0.25) is 4.68 Å². The van der Waals surface area contributed by atoms with Crippen molar-refractivity contribution in [1.29, 1.82) is 0 Å². The highest BCUT2D eigenvalue weighted by atomic mass is 16.3. The number of nitrogens with two attached hydrogens (primary N) is 1. The van der Waals surface area contributed by atoms with Crippen molar-refractivity contribution in [1.82, 2.24) is 9.78 Å². The van der Waals surface area contributed by atoms with Gasteiger partial charge in [0.2, 0.25) is 0 Å². The molecule has 104 valence electrons. The van der Waals surface area contributed by atoms with Gasteiger partial charge in [0, 0.05) is 30.8 Å². The highest BCUT2D eigenvalue weighted by Crippen LogP contribution is 2.30. The summed E-state index contributed by atoms with van der Waals surface area (Å²) in [7, 11) is 1.95. The highest BCUT2D eigenvalue weighted by molar-refractivity contribution is 5.81. The number of fused-ring (bicyclic) bond motifs is 1. The lowest BCUT2D eigenvalue weighted by molar-refractivity contribution is 0.120. The van der Waals surface area contributed by atoms with Crippen LogP contribution in [0.2, 0.25) is 0 Å². The van der Waals surface area contributed by atoms with E-state index >= 15 is 0 Å². The van der Waals surface area contributed by atoms with Crippen LogP contribution in [0.15, 0.2) is 24.3 Å². The SMILES string of the molecule is CCCC(CN)(CO)Cc1nn(C)c2ccccc12. The first kappa shape index (κ1) is 14.0. The molecule has 2 aromatic rings. The number of hydrogen-bond acceptors (Lipinski definition) is 3. The molecular formula is C15H23N3O. The van der Waals surface area contributed by atoms with Crippen LogP contribution < -0.4 is 5.73 Å². The zero-order chi connectivity index (χ0) is 13.9. The standard InChI is InChI=1S/C15H23N3O/c1-3-8-15(10-16,11-19)9-13-12-6-4-5-7-14(12)18(2)17-13/h4-7,19H,3,8-11,16H2,1-2H3. The van der Waals surface area contributed by atoms with Crippen LogP contribution >= 0.6 is 0 Å². The molecule has 1 aromatic heterocycles. The lowest BCUT2D eigenvalue weighted by atomic mass is 9.79. The Hall–Kier alpha value is -1.39. The molecule has 4 nitrogen and oxygen atoms in total. The van der Waals surface area contributed by atoms with Crippen LogP contribution in [-0.2, 0) is 13.5 Å². The molecule has 3 N–H and O–H groups in total. The van der Waals surface area contributed by atoms with E-state index in [9.17, 15) is 5.11 Å². The molecule has 1 heterocycles. The zero-order valence-corrected chi connectivity index (χ0v) is 11.8. The average Bonchev–Trinajstić information content (AvgIpc) is 2.75. The third-order valence-electron chi connectivity index (χ3n) is 3.93.